The van der Waals surface area contributed by atoms with Gasteiger partial charge in [0.25, 0.3) is 0 Å². The monoisotopic (exact) mass is 293 g/mol. The SMILES string of the molecule is C=CC1COC2CC1CC1c3[nH]c4ccccc4c3C=C[NH+]21. The molecule has 4 heterocycles. The molecule has 0 radical (unpaired) electrons. The quantitative estimate of drug-likeness (QED) is 0.778. The van der Waals surface area contributed by atoms with Gasteiger partial charge in [-0.15, -0.1) is 6.58 Å². The number of hydrogen-bond acceptors (Lipinski definition) is 1. The molecule has 112 valence electrons. The number of fused-ring (bicyclic) bond motifs is 8. The van der Waals surface area contributed by atoms with Gasteiger partial charge in [0.05, 0.1) is 18.5 Å². The molecule has 2 aromatic rings. The number of para-hydroxylation sites is 1. The molecule has 3 aliphatic rings. The van der Waals surface area contributed by atoms with Gasteiger partial charge < -0.3 is 9.72 Å². The van der Waals surface area contributed by atoms with Gasteiger partial charge in [0.2, 0.25) is 0 Å². The minimum Gasteiger partial charge on any atom is -0.353 e. The van der Waals surface area contributed by atoms with Crippen molar-refractivity contribution in [3.8, 4) is 0 Å². The van der Waals surface area contributed by atoms with Crippen LogP contribution in [0.4, 0.5) is 0 Å². The summed E-state index contributed by atoms with van der Waals surface area (Å²) in [6, 6.07) is 9.10. The fraction of sp³-hybridized carbons (Fsp3) is 0.368. The molecule has 1 aromatic carbocycles. The number of hydrogen-bond donors (Lipinski definition) is 2. The van der Waals surface area contributed by atoms with E-state index in [2.05, 4.69) is 54.2 Å². The number of piperidine rings is 1. The molecular weight excluding hydrogens is 272 g/mol. The van der Waals surface area contributed by atoms with Crippen molar-refractivity contribution >= 4 is 17.0 Å². The predicted molar refractivity (Wildman–Crippen MR) is 87.2 cm³/mol. The second-order valence-electron chi connectivity index (χ2n) is 6.84. The number of rotatable bonds is 1. The Morgan fingerprint density at radius 3 is 3.09 bits per heavy atom. The van der Waals surface area contributed by atoms with E-state index in [1.54, 1.807) is 0 Å². The highest BCUT2D eigenvalue weighted by Crippen LogP contribution is 2.39. The summed E-state index contributed by atoms with van der Waals surface area (Å²) in [5.41, 5.74) is 4.01. The third-order valence-corrected chi connectivity index (χ3v) is 5.80. The average molecular weight is 293 g/mol. The normalized spacial score (nSPS) is 35.9. The average Bonchev–Trinajstić information content (AvgIpc) is 2.94. The number of quaternary nitrogens is 1. The molecule has 3 heteroatoms. The highest BCUT2D eigenvalue weighted by atomic mass is 16.5. The first-order valence-corrected chi connectivity index (χ1v) is 8.24. The Kier molecular flexibility index (Phi) is 2.64. The largest absolute Gasteiger partial charge is 0.353 e. The molecule has 5 unspecified atom stereocenters. The fourth-order valence-corrected chi connectivity index (χ4v) is 4.63. The highest BCUT2D eigenvalue weighted by Gasteiger charge is 2.47. The lowest BCUT2D eigenvalue weighted by Gasteiger charge is -2.46. The summed E-state index contributed by atoms with van der Waals surface area (Å²) in [6.07, 6.45) is 9.37. The molecule has 5 rings (SSSR count). The molecule has 2 N–H and O–H groups in total. The topological polar surface area (TPSA) is 29.5 Å². The van der Waals surface area contributed by atoms with Gasteiger partial charge in [-0.05, 0) is 12.0 Å². The van der Waals surface area contributed by atoms with E-state index < -0.39 is 0 Å². The van der Waals surface area contributed by atoms with Crippen molar-refractivity contribution in [3.63, 3.8) is 0 Å². The van der Waals surface area contributed by atoms with E-state index in [1.807, 2.05) is 0 Å². The Morgan fingerprint density at radius 2 is 2.18 bits per heavy atom. The first-order valence-electron chi connectivity index (χ1n) is 8.24. The zero-order valence-electron chi connectivity index (χ0n) is 12.6. The van der Waals surface area contributed by atoms with Crippen LogP contribution in [0.25, 0.3) is 17.0 Å². The zero-order chi connectivity index (χ0) is 14.7. The molecular formula is C19H21N2O+. The molecule has 22 heavy (non-hydrogen) atoms. The van der Waals surface area contributed by atoms with Crippen LogP contribution < -0.4 is 4.90 Å². The number of ether oxygens (including phenoxy) is 1. The van der Waals surface area contributed by atoms with Gasteiger partial charge in [-0.1, -0.05) is 24.3 Å². The maximum Gasteiger partial charge on any atom is 0.196 e. The van der Waals surface area contributed by atoms with Gasteiger partial charge in [-0.3, -0.25) is 4.90 Å². The lowest BCUT2D eigenvalue weighted by Crippen LogP contribution is -3.14. The van der Waals surface area contributed by atoms with Gasteiger partial charge in [0.15, 0.2) is 6.23 Å². The van der Waals surface area contributed by atoms with E-state index in [-0.39, 0.29) is 0 Å². The fourth-order valence-electron chi connectivity index (χ4n) is 4.63. The molecule has 0 aliphatic carbocycles. The van der Waals surface area contributed by atoms with Crippen molar-refractivity contribution in [1.82, 2.24) is 4.98 Å². The van der Waals surface area contributed by atoms with E-state index >= 15 is 0 Å². The molecule has 2 saturated heterocycles. The van der Waals surface area contributed by atoms with Crippen molar-refractivity contribution in [2.75, 3.05) is 6.61 Å². The van der Waals surface area contributed by atoms with E-state index in [0.717, 1.165) is 13.0 Å². The van der Waals surface area contributed by atoms with Crippen molar-refractivity contribution in [2.24, 2.45) is 11.8 Å². The highest BCUT2D eigenvalue weighted by molar-refractivity contribution is 5.90. The van der Waals surface area contributed by atoms with Crippen LogP contribution in [0.3, 0.4) is 0 Å². The zero-order valence-corrected chi connectivity index (χ0v) is 12.6. The molecule has 0 spiro atoms. The van der Waals surface area contributed by atoms with Crippen LogP contribution in [-0.4, -0.2) is 17.8 Å². The molecule has 0 amide bonds. The number of benzene rings is 1. The third-order valence-electron chi connectivity index (χ3n) is 5.80. The number of aromatic amines is 1. The third kappa shape index (κ3) is 1.64. The van der Waals surface area contributed by atoms with Crippen LogP contribution in [-0.2, 0) is 4.74 Å². The summed E-state index contributed by atoms with van der Waals surface area (Å²) in [5.74, 6) is 1.22. The van der Waals surface area contributed by atoms with Gasteiger partial charge in [0.1, 0.15) is 6.04 Å². The Labute approximate surface area is 130 Å². The Bertz CT molecular complexity index is 775. The summed E-state index contributed by atoms with van der Waals surface area (Å²) in [6.45, 7) is 4.84. The molecule has 0 saturated carbocycles. The lowest BCUT2D eigenvalue weighted by atomic mass is 9.77. The van der Waals surface area contributed by atoms with Gasteiger partial charge >= 0.3 is 0 Å². The molecule has 3 nitrogen and oxygen atoms in total. The lowest BCUT2D eigenvalue weighted by molar-refractivity contribution is -0.941. The summed E-state index contributed by atoms with van der Waals surface area (Å²) >= 11 is 0. The van der Waals surface area contributed by atoms with E-state index in [9.17, 15) is 0 Å². The first-order chi connectivity index (χ1) is 10.8. The van der Waals surface area contributed by atoms with Crippen LogP contribution in [0.5, 0.6) is 0 Å². The van der Waals surface area contributed by atoms with Crippen molar-refractivity contribution in [1.29, 1.82) is 0 Å². The summed E-state index contributed by atoms with van der Waals surface area (Å²) in [4.78, 5) is 5.15. The summed E-state index contributed by atoms with van der Waals surface area (Å²) < 4.78 is 6.14. The second kappa shape index (κ2) is 4.58. The smallest absolute Gasteiger partial charge is 0.196 e. The van der Waals surface area contributed by atoms with Crippen LogP contribution >= 0.6 is 0 Å². The standard InChI is InChI=1S/C19H20N2O/c1-2-12-11-22-18-10-13(12)9-17-19-15(7-8-21(17)18)14-5-3-4-6-16(14)20-19/h2-8,12-13,17-18,20H,1,9-11H2/p+1. The van der Waals surface area contributed by atoms with Crippen LogP contribution in [0, 0.1) is 11.8 Å². The minimum atomic E-state index is 0.302. The number of H-pyrrole nitrogens is 1. The molecule has 5 atom stereocenters. The van der Waals surface area contributed by atoms with Crippen molar-refractivity contribution in [3.05, 3.63) is 54.4 Å². The van der Waals surface area contributed by atoms with Crippen LogP contribution in [0.15, 0.2) is 43.1 Å². The minimum absolute atomic E-state index is 0.302. The number of nitrogens with one attached hydrogen (secondary N) is 2. The Balaban J connectivity index is 1.62. The van der Waals surface area contributed by atoms with Gasteiger partial charge in [0, 0.05) is 41.3 Å². The van der Waals surface area contributed by atoms with E-state index in [1.165, 1.54) is 33.5 Å². The van der Waals surface area contributed by atoms with Gasteiger partial charge in [-0.25, -0.2) is 0 Å². The van der Waals surface area contributed by atoms with Gasteiger partial charge in [-0.2, -0.15) is 0 Å². The summed E-state index contributed by atoms with van der Waals surface area (Å²) in [5, 5.41) is 1.34. The Hall–Kier alpha value is -1.84. The molecule has 2 fully saturated rings. The summed E-state index contributed by atoms with van der Waals surface area (Å²) in [7, 11) is 0. The predicted octanol–water partition coefficient (Wildman–Crippen LogP) is 2.65. The molecule has 2 bridgehead atoms. The van der Waals surface area contributed by atoms with Crippen LogP contribution in [0.2, 0.25) is 0 Å². The first kappa shape index (κ1) is 12.7. The maximum absolute atomic E-state index is 6.14. The van der Waals surface area contributed by atoms with E-state index in [0.29, 0.717) is 24.1 Å². The number of aromatic nitrogens is 1. The van der Waals surface area contributed by atoms with E-state index in [4.69, 9.17) is 4.74 Å². The van der Waals surface area contributed by atoms with Crippen molar-refractivity contribution < 1.29 is 9.64 Å². The second-order valence-corrected chi connectivity index (χ2v) is 6.84. The van der Waals surface area contributed by atoms with Crippen molar-refractivity contribution in [2.45, 2.75) is 25.1 Å². The van der Waals surface area contributed by atoms with Crippen LogP contribution in [0.1, 0.15) is 30.1 Å². The molecule has 1 aromatic heterocycles. The molecule has 3 aliphatic heterocycles. The maximum atomic E-state index is 6.14. The Morgan fingerprint density at radius 1 is 1.27 bits per heavy atom.